The van der Waals surface area contributed by atoms with Crippen LogP contribution < -0.4 is 0 Å². The molecule has 2 heteroatoms. The van der Waals surface area contributed by atoms with Crippen molar-refractivity contribution in [2.45, 2.75) is 84.9 Å². The lowest BCUT2D eigenvalue weighted by atomic mass is 10.1. The van der Waals surface area contributed by atoms with E-state index < -0.39 is 8.32 Å². The van der Waals surface area contributed by atoms with Gasteiger partial charge in [-0.15, -0.1) is 0 Å². The Bertz CT molecular complexity index is 177. The monoisotopic (exact) mass is 258 g/mol. The van der Waals surface area contributed by atoms with Gasteiger partial charge in [-0.25, -0.2) is 0 Å². The van der Waals surface area contributed by atoms with Crippen molar-refractivity contribution in [3.63, 3.8) is 0 Å². The highest BCUT2D eigenvalue weighted by molar-refractivity contribution is 6.77. The molecule has 1 atom stereocenters. The molecule has 0 saturated carbocycles. The van der Waals surface area contributed by atoms with Crippen LogP contribution in [0.4, 0.5) is 0 Å². The molecule has 0 N–H and O–H groups in total. The lowest BCUT2D eigenvalue weighted by Crippen LogP contribution is -2.48. The molecule has 0 fully saturated rings. The van der Waals surface area contributed by atoms with Crippen LogP contribution in [0.2, 0.25) is 16.6 Å². The molecule has 0 amide bonds. The Morgan fingerprint density at radius 2 is 1.24 bits per heavy atom. The predicted molar refractivity (Wildman–Crippen MR) is 81.1 cm³/mol. The fourth-order valence-electron chi connectivity index (χ4n) is 3.36. The fraction of sp³-hybridized carbons (Fsp3) is 1.00. The Kier molecular flexibility index (Phi) is 7.66. The molecule has 0 aromatic carbocycles. The molecule has 0 unspecified atom stereocenters. The normalized spacial score (nSPS) is 15.0. The summed E-state index contributed by atoms with van der Waals surface area (Å²) >= 11 is 0. The summed E-state index contributed by atoms with van der Waals surface area (Å²) in [5, 5.41) is 0. The van der Waals surface area contributed by atoms with E-state index in [9.17, 15) is 0 Å². The van der Waals surface area contributed by atoms with Crippen LogP contribution in [0, 0.1) is 5.92 Å². The quantitative estimate of drug-likeness (QED) is 0.514. The number of hydrogen-bond donors (Lipinski definition) is 0. The summed E-state index contributed by atoms with van der Waals surface area (Å²) in [5.41, 5.74) is 2.11. The van der Waals surface area contributed by atoms with Crippen molar-refractivity contribution >= 4 is 8.32 Å². The molecule has 1 nitrogen and oxygen atoms in total. The Hall–Kier alpha value is 0.177. The van der Waals surface area contributed by atoms with Gasteiger partial charge in [-0.3, -0.25) is 0 Å². The topological polar surface area (TPSA) is 9.23 Å². The molecule has 0 saturated heterocycles. The van der Waals surface area contributed by atoms with Gasteiger partial charge in [-0.1, -0.05) is 61.8 Å². The highest BCUT2D eigenvalue weighted by Crippen LogP contribution is 2.42. The summed E-state index contributed by atoms with van der Waals surface area (Å²) in [6, 6.07) is 0. The van der Waals surface area contributed by atoms with E-state index >= 15 is 0 Å². The van der Waals surface area contributed by atoms with Crippen LogP contribution in [-0.4, -0.2) is 14.9 Å². The van der Waals surface area contributed by atoms with Crippen LogP contribution in [0.5, 0.6) is 0 Å². The van der Waals surface area contributed by atoms with Gasteiger partial charge >= 0.3 is 0 Å². The molecule has 0 aliphatic heterocycles. The SMILES string of the molecule is CCC[C@H](C)CO[Si](C(C)C)(C(C)C)C(C)C. The third-order valence-electron chi connectivity index (χ3n) is 4.11. The largest absolute Gasteiger partial charge is 0.416 e. The van der Waals surface area contributed by atoms with Crippen molar-refractivity contribution in [2.75, 3.05) is 6.61 Å². The minimum Gasteiger partial charge on any atom is -0.416 e. The average Bonchev–Trinajstić information content (AvgIpc) is 2.17. The van der Waals surface area contributed by atoms with E-state index in [4.69, 9.17) is 4.43 Å². The molecule has 104 valence electrons. The van der Waals surface area contributed by atoms with Crippen LogP contribution in [0.25, 0.3) is 0 Å². The molecule has 0 aromatic rings. The van der Waals surface area contributed by atoms with Crippen LogP contribution in [0.1, 0.15) is 68.2 Å². The minimum absolute atomic E-state index is 0.705. The first kappa shape index (κ1) is 17.2. The van der Waals surface area contributed by atoms with Crippen LogP contribution in [0.3, 0.4) is 0 Å². The molecule has 0 aromatic heterocycles. The molecule has 0 aliphatic rings. The molecule has 0 radical (unpaired) electrons. The lowest BCUT2D eigenvalue weighted by Gasteiger charge is -2.42. The predicted octanol–water partition coefficient (Wildman–Crippen LogP) is 5.61. The fourth-order valence-corrected chi connectivity index (χ4v) is 8.94. The van der Waals surface area contributed by atoms with Crippen molar-refractivity contribution in [3.05, 3.63) is 0 Å². The van der Waals surface area contributed by atoms with Crippen molar-refractivity contribution in [2.24, 2.45) is 5.92 Å². The van der Waals surface area contributed by atoms with E-state index in [1.165, 1.54) is 12.8 Å². The Morgan fingerprint density at radius 1 is 0.824 bits per heavy atom. The van der Waals surface area contributed by atoms with Gasteiger partial charge in [-0.2, -0.15) is 0 Å². The maximum Gasteiger partial charge on any atom is 0.200 e. The summed E-state index contributed by atoms with van der Waals surface area (Å²) in [6.07, 6.45) is 2.56. The first-order valence-corrected chi connectivity index (χ1v) is 9.56. The van der Waals surface area contributed by atoms with E-state index in [1.54, 1.807) is 0 Å². The molecule has 0 rings (SSSR count). The van der Waals surface area contributed by atoms with Crippen molar-refractivity contribution < 1.29 is 4.43 Å². The Balaban J connectivity index is 4.70. The van der Waals surface area contributed by atoms with E-state index in [0.717, 1.165) is 6.61 Å². The van der Waals surface area contributed by atoms with Gasteiger partial charge in [0.15, 0.2) is 8.32 Å². The van der Waals surface area contributed by atoms with Crippen molar-refractivity contribution in [1.82, 2.24) is 0 Å². The summed E-state index contributed by atoms with van der Waals surface area (Å²) in [4.78, 5) is 0. The van der Waals surface area contributed by atoms with E-state index in [2.05, 4.69) is 55.4 Å². The molecule has 0 heterocycles. The van der Waals surface area contributed by atoms with E-state index in [1.807, 2.05) is 0 Å². The first-order chi connectivity index (χ1) is 7.78. The molecule has 0 bridgehead atoms. The van der Waals surface area contributed by atoms with Crippen molar-refractivity contribution in [1.29, 1.82) is 0 Å². The summed E-state index contributed by atoms with van der Waals surface area (Å²) in [7, 11) is -1.62. The highest BCUT2D eigenvalue weighted by atomic mass is 28.4. The molecule has 17 heavy (non-hydrogen) atoms. The van der Waals surface area contributed by atoms with Gasteiger partial charge in [0.1, 0.15) is 0 Å². The second kappa shape index (κ2) is 7.58. The Labute approximate surface area is 110 Å². The first-order valence-electron chi connectivity index (χ1n) is 7.42. The third kappa shape index (κ3) is 4.40. The summed E-state index contributed by atoms with van der Waals surface area (Å²) < 4.78 is 6.57. The lowest BCUT2D eigenvalue weighted by molar-refractivity contribution is 0.222. The van der Waals surface area contributed by atoms with Gasteiger partial charge < -0.3 is 4.43 Å². The van der Waals surface area contributed by atoms with E-state index in [0.29, 0.717) is 22.5 Å². The average molecular weight is 259 g/mol. The van der Waals surface area contributed by atoms with Gasteiger partial charge in [0.25, 0.3) is 0 Å². The third-order valence-corrected chi connectivity index (χ3v) is 10.2. The van der Waals surface area contributed by atoms with Crippen LogP contribution in [-0.2, 0) is 4.43 Å². The summed E-state index contributed by atoms with van der Waals surface area (Å²) in [6.45, 7) is 19.7. The maximum absolute atomic E-state index is 6.57. The molecule has 0 aliphatic carbocycles. The number of rotatable bonds is 8. The Morgan fingerprint density at radius 3 is 1.53 bits per heavy atom. The standard InChI is InChI=1S/C15H34OSi/c1-9-10-15(8)11-16-17(12(2)3,13(4)5)14(6)7/h12-15H,9-11H2,1-8H3/t15-/m0/s1. The van der Waals surface area contributed by atoms with Gasteiger partial charge in [0.05, 0.1) is 0 Å². The number of hydrogen-bond acceptors (Lipinski definition) is 1. The smallest absolute Gasteiger partial charge is 0.200 e. The van der Waals surface area contributed by atoms with E-state index in [-0.39, 0.29) is 0 Å². The van der Waals surface area contributed by atoms with Gasteiger partial charge in [0, 0.05) is 6.61 Å². The van der Waals surface area contributed by atoms with Crippen LogP contribution >= 0.6 is 0 Å². The molecular formula is C15H34OSi. The van der Waals surface area contributed by atoms with Crippen LogP contribution in [0.15, 0.2) is 0 Å². The maximum atomic E-state index is 6.57. The zero-order valence-corrected chi connectivity index (χ0v) is 14.3. The van der Waals surface area contributed by atoms with Gasteiger partial charge in [0.2, 0.25) is 0 Å². The molecular weight excluding hydrogens is 224 g/mol. The zero-order chi connectivity index (χ0) is 13.6. The minimum atomic E-state index is -1.62. The zero-order valence-electron chi connectivity index (χ0n) is 13.3. The molecule has 0 spiro atoms. The van der Waals surface area contributed by atoms with Gasteiger partial charge in [-0.05, 0) is 29.0 Å². The second-order valence-corrected chi connectivity index (χ2v) is 12.0. The van der Waals surface area contributed by atoms with Crippen molar-refractivity contribution in [3.8, 4) is 0 Å². The summed E-state index contributed by atoms with van der Waals surface area (Å²) in [5.74, 6) is 0.711. The second-order valence-electron chi connectivity index (χ2n) is 6.52. The highest BCUT2D eigenvalue weighted by Gasteiger charge is 2.45.